The highest BCUT2D eigenvalue weighted by Crippen LogP contribution is 2.17. The molecule has 0 aliphatic carbocycles. The van der Waals surface area contributed by atoms with Gasteiger partial charge in [-0.25, -0.2) is 8.78 Å². The molecule has 0 aliphatic rings. The Morgan fingerprint density at radius 2 is 1.80 bits per heavy atom. The van der Waals surface area contributed by atoms with Crippen LogP contribution in [0.5, 0.6) is 0 Å². The molecule has 106 valence electrons. The van der Waals surface area contributed by atoms with E-state index in [0.29, 0.717) is 29.7 Å². The number of hydrogen-bond acceptors (Lipinski definition) is 2. The quantitative estimate of drug-likeness (QED) is 0.787. The van der Waals surface area contributed by atoms with E-state index < -0.39 is 11.6 Å². The lowest BCUT2D eigenvalue weighted by Gasteiger charge is -2.07. The molecule has 0 bridgehead atoms. The van der Waals surface area contributed by atoms with Crippen LogP contribution in [0, 0.1) is 11.6 Å². The summed E-state index contributed by atoms with van der Waals surface area (Å²) in [6.45, 7) is 4.09. The lowest BCUT2D eigenvalue weighted by molar-refractivity contribution is 0.112. The summed E-state index contributed by atoms with van der Waals surface area (Å²) in [7, 11) is 0. The van der Waals surface area contributed by atoms with E-state index in [-0.39, 0.29) is 6.54 Å². The molecule has 0 atom stereocenters. The van der Waals surface area contributed by atoms with Gasteiger partial charge >= 0.3 is 0 Å². The van der Waals surface area contributed by atoms with Gasteiger partial charge in [-0.15, -0.1) is 0 Å². The summed E-state index contributed by atoms with van der Waals surface area (Å²) in [6, 6.07) is 3.38. The van der Waals surface area contributed by atoms with Crippen molar-refractivity contribution in [3.8, 4) is 0 Å². The Hall–Kier alpha value is -2.04. The Bertz CT molecular complexity index is 615. The lowest BCUT2D eigenvalue weighted by Crippen LogP contribution is -2.07. The molecule has 0 fully saturated rings. The maximum Gasteiger partial charge on any atom is 0.153 e. The highest BCUT2D eigenvalue weighted by molar-refractivity contribution is 5.78. The van der Waals surface area contributed by atoms with Gasteiger partial charge in [0.05, 0.1) is 17.8 Å². The van der Waals surface area contributed by atoms with E-state index in [2.05, 4.69) is 5.10 Å². The van der Waals surface area contributed by atoms with Crippen LogP contribution in [-0.4, -0.2) is 16.1 Å². The molecule has 0 unspecified atom stereocenters. The van der Waals surface area contributed by atoms with Crippen LogP contribution in [0.15, 0.2) is 18.2 Å². The summed E-state index contributed by atoms with van der Waals surface area (Å²) in [5.41, 5.74) is 2.59. The van der Waals surface area contributed by atoms with E-state index >= 15 is 0 Å². The van der Waals surface area contributed by atoms with E-state index in [1.54, 1.807) is 4.68 Å². The maximum absolute atomic E-state index is 13.2. The number of nitrogens with zero attached hydrogens (tertiary/aromatic N) is 2. The van der Waals surface area contributed by atoms with Gasteiger partial charge in [-0.3, -0.25) is 9.48 Å². The zero-order valence-corrected chi connectivity index (χ0v) is 11.5. The van der Waals surface area contributed by atoms with Crippen LogP contribution in [0.1, 0.15) is 41.2 Å². The number of halogens is 2. The molecule has 0 spiro atoms. The molecule has 0 amide bonds. The van der Waals surface area contributed by atoms with Crippen molar-refractivity contribution in [3.63, 3.8) is 0 Å². The van der Waals surface area contributed by atoms with Crippen LogP contribution in [0.2, 0.25) is 0 Å². The molecule has 1 heterocycles. The first-order valence-corrected chi connectivity index (χ1v) is 6.57. The fraction of sp³-hybridized carbons (Fsp3) is 0.333. The third kappa shape index (κ3) is 2.76. The van der Waals surface area contributed by atoms with Gasteiger partial charge in [0.2, 0.25) is 0 Å². The van der Waals surface area contributed by atoms with E-state index in [1.807, 2.05) is 13.8 Å². The van der Waals surface area contributed by atoms with E-state index in [1.165, 1.54) is 12.1 Å². The molecule has 20 heavy (non-hydrogen) atoms. The minimum Gasteiger partial charge on any atom is -0.298 e. The highest BCUT2D eigenvalue weighted by atomic mass is 19.1. The second kappa shape index (κ2) is 5.94. The molecule has 1 aromatic heterocycles. The van der Waals surface area contributed by atoms with Gasteiger partial charge in [0.15, 0.2) is 6.29 Å². The van der Waals surface area contributed by atoms with Crippen molar-refractivity contribution < 1.29 is 13.6 Å². The molecular weight excluding hydrogens is 262 g/mol. The molecular formula is C15H16F2N2O. The van der Waals surface area contributed by atoms with Gasteiger partial charge in [0.1, 0.15) is 11.6 Å². The van der Waals surface area contributed by atoms with Crippen molar-refractivity contribution in [1.82, 2.24) is 9.78 Å². The zero-order valence-electron chi connectivity index (χ0n) is 11.5. The number of hydrogen-bond donors (Lipinski definition) is 0. The summed E-state index contributed by atoms with van der Waals surface area (Å²) in [6.07, 6.45) is 2.08. The standard InChI is InChI=1S/C15H16F2N2O/c1-3-14-13(9-20)15(4-2)19(18-14)8-10-5-11(16)7-12(17)6-10/h5-7,9H,3-4,8H2,1-2H3. The summed E-state index contributed by atoms with van der Waals surface area (Å²) < 4.78 is 28.1. The van der Waals surface area contributed by atoms with Crippen LogP contribution < -0.4 is 0 Å². The first-order chi connectivity index (χ1) is 9.58. The molecule has 2 aromatic rings. The average molecular weight is 278 g/mol. The van der Waals surface area contributed by atoms with Gasteiger partial charge in [-0.05, 0) is 30.5 Å². The number of benzene rings is 1. The minimum atomic E-state index is -0.614. The van der Waals surface area contributed by atoms with Crippen LogP contribution in [-0.2, 0) is 19.4 Å². The number of aryl methyl sites for hydroxylation is 1. The fourth-order valence-corrected chi connectivity index (χ4v) is 2.34. The molecule has 0 saturated heterocycles. The van der Waals surface area contributed by atoms with Crippen molar-refractivity contribution in [3.05, 3.63) is 52.3 Å². The van der Waals surface area contributed by atoms with Crippen LogP contribution in [0.25, 0.3) is 0 Å². The van der Waals surface area contributed by atoms with E-state index in [0.717, 1.165) is 18.0 Å². The Morgan fingerprint density at radius 1 is 1.15 bits per heavy atom. The maximum atomic E-state index is 13.2. The number of aldehydes is 1. The largest absolute Gasteiger partial charge is 0.298 e. The number of aromatic nitrogens is 2. The SMILES string of the molecule is CCc1nn(Cc2cc(F)cc(F)c2)c(CC)c1C=O. The molecule has 0 N–H and O–H groups in total. The molecule has 2 rings (SSSR count). The normalized spacial score (nSPS) is 10.8. The molecule has 0 radical (unpaired) electrons. The van der Waals surface area contributed by atoms with Gasteiger partial charge in [-0.1, -0.05) is 13.8 Å². The Kier molecular flexibility index (Phi) is 4.27. The smallest absolute Gasteiger partial charge is 0.153 e. The molecule has 1 aromatic carbocycles. The zero-order chi connectivity index (χ0) is 14.7. The van der Waals surface area contributed by atoms with Crippen LogP contribution >= 0.6 is 0 Å². The van der Waals surface area contributed by atoms with Crippen LogP contribution in [0.3, 0.4) is 0 Å². The molecule has 5 heteroatoms. The third-order valence-electron chi connectivity index (χ3n) is 3.22. The Morgan fingerprint density at radius 3 is 2.30 bits per heavy atom. The second-order valence-corrected chi connectivity index (χ2v) is 4.57. The first kappa shape index (κ1) is 14.4. The van der Waals surface area contributed by atoms with Gasteiger partial charge in [-0.2, -0.15) is 5.10 Å². The van der Waals surface area contributed by atoms with E-state index in [4.69, 9.17) is 0 Å². The number of rotatable bonds is 5. The average Bonchev–Trinajstić information content (AvgIpc) is 2.74. The Balaban J connectivity index is 2.42. The summed E-state index contributed by atoms with van der Waals surface area (Å²) >= 11 is 0. The van der Waals surface area contributed by atoms with Crippen LogP contribution in [0.4, 0.5) is 8.78 Å². The third-order valence-corrected chi connectivity index (χ3v) is 3.22. The molecule has 3 nitrogen and oxygen atoms in total. The first-order valence-electron chi connectivity index (χ1n) is 6.57. The van der Waals surface area contributed by atoms with Gasteiger partial charge in [0, 0.05) is 11.8 Å². The molecule has 0 aliphatic heterocycles. The lowest BCUT2D eigenvalue weighted by atomic mass is 10.1. The van der Waals surface area contributed by atoms with Crippen molar-refractivity contribution >= 4 is 6.29 Å². The Labute approximate surface area is 116 Å². The second-order valence-electron chi connectivity index (χ2n) is 4.57. The summed E-state index contributed by atoms with van der Waals surface area (Å²) in [5.74, 6) is -1.23. The monoisotopic (exact) mass is 278 g/mol. The predicted molar refractivity (Wildman–Crippen MR) is 71.8 cm³/mol. The highest BCUT2D eigenvalue weighted by Gasteiger charge is 2.15. The van der Waals surface area contributed by atoms with Crippen molar-refractivity contribution in [2.75, 3.05) is 0 Å². The van der Waals surface area contributed by atoms with Crippen molar-refractivity contribution in [1.29, 1.82) is 0 Å². The van der Waals surface area contributed by atoms with Gasteiger partial charge in [0.25, 0.3) is 0 Å². The van der Waals surface area contributed by atoms with Gasteiger partial charge < -0.3 is 0 Å². The van der Waals surface area contributed by atoms with Crippen molar-refractivity contribution in [2.45, 2.75) is 33.2 Å². The number of carbonyl (C=O) groups is 1. The molecule has 0 saturated carbocycles. The minimum absolute atomic E-state index is 0.249. The van der Waals surface area contributed by atoms with Crippen molar-refractivity contribution in [2.24, 2.45) is 0 Å². The summed E-state index contributed by atoms with van der Waals surface area (Å²) in [5, 5.41) is 4.37. The van der Waals surface area contributed by atoms with E-state index in [9.17, 15) is 13.6 Å². The number of carbonyl (C=O) groups excluding carboxylic acids is 1. The summed E-state index contributed by atoms with van der Waals surface area (Å²) in [4.78, 5) is 11.2. The predicted octanol–water partition coefficient (Wildman–Crippen LogP) is 3.15. The fourth-order valence-electron chi connectivity index (χ4n) is 2.34. The topological polar surface area (TPSA) is 34.9 Å².